The van der Waals surface area contributed by atoms with Gasteiger partial charge in [0.25, 0.3) is 0 Å². The third-order valence-electron chi connectivity index (χ3n) is 2.37. The van der Waals surface area contributed by atoms with Crippen LogP contribution in [0.1, 0.15) is 16.1 Å². The first kappa shape index (κ1) is 12.2. The maximum Gasteiger partial charge on any atom is 0.352 e. The van der Waals surface area contributed by atoms with Crippen molar-refractivity contribution in [2.24, 2.45) is 0 Å². The van der Waals surface area contributed by atoms with Crippen LogP contribution in [-0.2, 0) is 0 Å². The van der Waals surface area contributed by atoms with Gasteiger partial charge in [-0.3, -0.25) is 0 Å². The number of hydrogen-bond donors (Lipinski definition) is 1. The molecule has 2 rings (SSSR count). The smallest absolute Gasteiger partial charge is 0.352 e. The molecule has 0 saturated carbocycles. The van der Waals surface area contributed by atoms with Gasteiger partial charge in [0, 0.05) is 10.7 Å². The van der Waals surface area contributed by atoms with E-state index in [9.17, 15) is 4.79 Å². The zero-order valence-electron chi connectivity index (χ0n) is 8.95. The Labute approximate surface area is 112 Å². The maximum absolute atomic E-state index is 11.1. The van der Waals surface area contributed by atoms with E-state index in [0.717, 1.165) is 5.56 Å². The molecule has 1 N–H and O–H groups in total. The SMILES string of the molecule is Cc1ccc(-n2cc(Br)cc2C(=O)O)c(Cl)c1. The van der Waals surface area contributed by atoms with Crippen LogP contribution in [0.3, 0.4) is 0 Å². The van der Waals surface area contributed by atoms with E-state index in [2.05, 4.69) is 15.9 Å². The minimum atomic E-state index is -0.993. The number of aromatic carboxylic acids is 1. The number of aromatic nitrogens is 1. The third-order valence-corrected chi connectivity index (χ3v) is 3.10. The van der Waals surface area contributed by atoms with E-state index in [1.54, 1.807) is 29.0 Å². The highest BCUT2D eigenvalue weighted by atomic mass is 79.9. The Morgan fingerprint density at radius 2 is 2.12 bits per heavy atom. The molecule has 0 amide bonds. The van der Waals surface area contributed by atoms with Crippen LogP contribution >= 0.6 is 27.5 Å². The molecule has 1 aromatic heterocycles. The van der Waals surface area contributed by atoms with Gasteiger partial charge in [-0.1, -0.05) is 17.7 Å². The maximum atomic E-state index is 11.1. The molecular weight excluding hydrogens is 305 g/mol. The normalized spacial score (nSPS) is 10.5. The van der Waals surface area contributed by atoms with E-state index in [4.69, 9.17) is 16.7 Å². The summed E-state index contributed by atoms with van der Waals surface area (Å²) in [6, 6.07) is 7.03. The molecule has 3 nitrogen and oxygen atoms in total. The summed E-state index contributed by atoms with van der Waals surface area (Å²) in [5.41, 5.74) is 1.85. The molecule has 1 heterocycles. The first-order chi connectivity index (χ1) is 7.99. The molecule has 1 aromatic carbocycles. The summed E-state index contributed by atoms with van der Waals surface area (Å²) in [6.07, 6.45) is 1.68. The van der Waals surface area contributed by atoms with Crippen molar-refractivity contribution in [3.05, 3.63) is 51.2 Å². The lowest BCUT2D eigenvalue weighted by atomic mass is 10.2. The van der Waals surface area contributed by atoms with Gasteiger partial charge in [0.1, 0.15) is 5.69 Å². The number of aryl methyl sites for hydroxylation is 1. The number of halogens is 2. The summed E-state index contributed by atoms with van der Waals surface area (Å²) in [7, 11) is 0. The van der Waals surface area contributed by atoms with Crippen molar-refractivity contribution in [2.45, 2.75) is 6.92 Å². The molecular formula is C12H9BrClNO2. The summed E-state index contributed by atoms with van der Waals surface area (Å²) in [6.45, 7) is 1.93. The Balaban J connectivity index is 2.63. The number of rotatable bonds is 2. The lowest BCUT2D eigenvalue weighted by molar-refractivity contribution is 0.0688. The Morgan fingerprint density at radius 3 is 2.71 bits per heavy atom. The lowest BCUT2D eigenvalue weighted by Gasteiger charge is -2.08. The summed E-state index contributed by atoms with van der Waals surface area (Å²) in [4.78, 5) is 11.1. The van der Waals surface area contributed by atoms with E-state index in [1.165, 1.54) is 0 Å². The largest absolute Gasteiger partial charge is 0.477 e. The fourth-order valence-corrected chi connectivity index (χ4v) is 2.35. The van der Waals surface area contributed by atoms with Gasteiger partial charge >= 0.3 is 5.97 Å². The minimum Gasteiger partial charge on any atom is -0.477 e. The lowest BCUT2D eigenvalue weighted by Crippen LogP contribution is -2.06. The van der Waals surface area contributed by atoms with E-state index < -0.39 is 5.97 Å². The van der Waals surface area contributed by atoms with Crippen LogP contribution < -0.4 is 0 Å². The van der Waals surface area contributed by atoms with Crippen molar-refractivity contribution >= 4 is 33.5 Å². The second-order valence-electron chi connectivity index (χ2n) is 3.67. The Hall–Kier alpha value is -1.26. The molecule has 88 valence electrons. The highest BCUT2D eigenvalue weighted by molar-refractivity contribution is 9.10. The van der Waals surface area contributed by atoms with Gasteiger partial charge in [0.05, 0.1) is 10.7 Å². The Bertz CT molecular complexity index is 592. The molecule has 5 heteroatoms. The average Bonchev–Trinajstić information content (AvgIpc) is 2.60. The van der Waals surface area contributed by atoms with Crippen LogP contribution in [-0.4, -0.2) is 15.6 Å². The fourth-order valence-electron chi connectivity index (χ4n) is 1.60. The predicted octanol–water partition coefficient (Wildman–Crippen LogP) is 3.90. The zero-order chi connectivity index (χ0) is 12.6. The summed E-state index contributed by atoms with van der Waals surface area (Å²) in [5.74, 6) is -0.993. The highest BCUT2D eigenvalue weighted by Crippen LogP contribution is 2.26. The predicted molar refractivity (Wildman–Crippen MR) is 70.2 cm³/mol. The molecule has 0 aliphatic heterocycles. The quantitative estimate of drug-likeness (QED) is 0.913. The summed E-state index contributed by atoms with van der Waals surface area (Å²) < 4.78 is 2.25. The Morgan fingerprint density at radius 1 is 1.41 bits per heavy atom. The molecule has 0 unspecified atom stereocenters. The molecule has 0 saturated heterocycles. The van der Waals surface area contributed by atoms with Crippen molar-refractivity contribution in [2.75, 3.05) is 0 Å². The van der Waals surface area contributed by atoms with Crippen molar-refractivity contribution in [1.82, 2.24) is 4.57 Å². The van der Waals surface area contributed by atoms with Crippen molar-refractivity contribution in [1.29, 1.82) is 0 Å². The topological polar surface area (TPSA) is 42.2 Å². The minimum absolute atomic E-state index is 0.169. The number of carboxylic acids is 1. The molecule has 0 bridgehead atoms. The molecule has 0 aliphatic carbocycles. The van der Waals surface area contributed by atoms with Crippen molar-refractivity contribution in [3.63, 3.8) is 0 Å². The van der Waals surface area contributed by atoms with Gasteiger partial charge in [0.15, 0.2) is 0 Å². The van der Waals surface area contributed by atoms with Crippen molar-refractivity contribution < 1.29 is 9.90 Å². The van der Waals surface area contributed by atoms with Crippen LogP contribution in [0.2, 0.25) is 5.02 Å². The van der Waals surface area contributed by atoms with Gasteiger partial charge < -0.3 is 9.67 Å². The third kappa shape index (κ3) is 2.37. The molecule has 0 spiro atoms. The van der Waals surface area contributed by atoms with Crippen LogP contribution in [0.4, 0.5) is 0 Å². The standard InChI is InChI=1S/C12H9BrClNO2/c1-7-2-3-10(9(14)4-7)15-6-8(13)5-11(15)12(16)17/h2-6H,1H3,(H,16,17). The van der Waals surface area contributed by atoms with E-state index in [1.807, 2.05) is 13.0 Å². The van der Waals surface area contributed by atoms with Crippen LogP contribution in [0.15, 0.2) is 34.9 Å². The molecule has 0 fully saturated rings. The summed E-state index contributed by atoms with van der Waals surface area (Å²) >= 11 is 9.38. The van der Waals surface area contributed by atoms with Gasteiger partial charge in [-0.15, -0.1) is 0 Å². The van der Waals surface area contributed by atoms with Gasteiger partial charge in [-0.2, -0.15) is 0 Å². The number of benzene rings is 1. The van der Waals surface area contributed by atoms with E-state index in [-0.39, 0.29) is 5.69 Å². The molecule has 0 radical (unpaired) electrons. The van der Waals surface area contributed by atoms with Gasteiger partial charge in [-0.05, 0) is 46.6 Å². The molecule has 0 atom stereocenters. The number of hydrogen-bond acceptors (Lipinski definition) is 1. The monoisotopic (exact) mass is 313 g/mol. The zero-order valence-corrected chi connectivity index (χ0v) is 11.3. The highest BCUT2D eigenvalue weighted by Gasteiger charge is 2.14. The average molecular weight is 315 g/mol. The van der Waals surface area contributed by atoms with E-state index >= 15 is 0 Å². The fraction of sp³-hybridized carbons (Fsp3) is 0.0833. The van der Waals surface area contributed by atoms with Gasteiger partial charge in [0.2, 0.25) is 0 Å². The first-order valence-corrected chi connectivity index (χ1v) is 6.04. The molecule has 17 heavy (non-hydrogen) atoms. The van der Waals surface area contributed by atoms with Crippen molar-refractivity contribution in [3.8, 4) is 5.69 Å². The second kappa shape index (κ2) is 4.55. The van der Waals surface area contributed by atoms with Crippen LogP contribution in [0.5, 0.6) is 0 Å². The number of nitrogens with zero attached hydrogens (tertiary/aromatic N) is 1. The Kier molecular flexibility index (Phi) is 3.26. The molecule has 2 aromatic rings. The van der Waals surface area contributed by atoms with Crippen LogP contribution in [0, 0.1) is 6.92 Å². The first-order valence-electron chi connectivity index (χ1n) is 4.87. The molecule has 0 aliphatic rings. The number of carbonyl (C=O) groups is 1. The van der Waals surface area contributed by atoms with Crippen LogP contribution in [0.25, 0.3) is 5.69 Å². The summed E-state index contributed by atoms with van der Waals surface area (Å²) in [5, 5.41) is 9.62. The second-order valence-corrected chi connectivity index (χ2v) is 5.00. The number of carboxylic acid groups (broad SMARTS) is 1. The van der Waals surface area contributed by atoms with Gasteiger partial charge in [-0.25, -0.2) is 4.79 Å². The van der Waals surface area contributed by atoms with E-state index in [0.29, 0.717) is 15.2 Å².